The highest BCUT2D eigenvalue weighted by Gasteiger charge is 2.27. The van der Waals surface area contributed by atoms with Crippen LogP contribution in [0, 0.1) is 12.3 Å². The van der Waals surface area contributed by atoms with Crippen molar-refractivity contribution < 1.29 is 19.4 Å². The Morgan fingerprint density at radius 3 is 2.94 bits per heavy atom. The van der Waals surface area contributed by atoms with E-state index in [0.717, 1.165) is 0 Å². The zero-order valence-electron chi connectivity index (χ0n) is 9.68. The molecule has 2 amide bonds. The molecule has 0 aromatic rings. The van der Waals surface area contributed by atoms with Crippen molar-refractivity contribution in [2.45, 2.75) is 25.4 Å². The van der Waals surface area contributed by atoms with Crippen molar-refractivity contribution in [3.8, 4) is 12.3 Å². The normalized spacial score (nSPS) is 21.4. The van der Waals surface area contributed by atoms with Gasteiger partial charge in [-0.15, -0.1) is 12.3 Å². The molecule has 0 aromatic carbocycles. The highest BCUT2D eigenvalue weighted by Crippen LogP contribution is 2.06. The summed E-state index contributed by atoms with van der Waals surface area (Å²) >= 11 is 0. The van der Waals surface area contributed by atoms with E-state index in [0.29, 0.717) is 19.8 Å². The van der Waals surface area contributed by atoms with Crippen LogP contribution in [0.1, 0.15) is 13.3 Å². The van der Waals surface area contributed by atoms with Gasteiger partial charge in [-0.3, -0.25) is 0 Å². The van der Waals surface area contributed by atoms with E-state index < -0.39 is 18.0 Å². The van der Waals surface area contributed by atoms with Gasteiger partial charge in [0.2, 0.25) is 0 Å². The molecule has 2 N–H and O–H groups in total. The molecule has 6 nitrogen and oxygen atoms in total. The van der Waals surface area contributed by atoms with Gasteiger partial charge in [-0.05, 0) is 6.92 Å². The van der Waals surface area contributed by atoms with Gasteiger partial charge in [0.25, 0.3) is 0 Å². The molecular formula is C11H16N2O4. The van der Waals surface area contributed by atoms with Gasteiger partial charge < -0.3 is 20.1 Å². The highest BCUT2D eigenvalue weighted by atomic mass is 16.5. The minimum absolute atomic E-state index is 0.0280. The van der Waals surface area contributed by atoms with Crippen molar-refractivity contribution in [2.75, 3.05) is 19.8 Å². The minimum atomic E-state index is -1.13. The lowest BCUT2D eigenvalue weighted by Gasteiger charge is -2.33. The van der Waals surface area contributed by atoms with E-state index in [1.807, 2.05) is 6.92 Å². The summed E-state index contributed by atoms with van der Waals surface area (Å²) in [5.41, 5.74) is 0. The third-order valence-electron chi connectivity index (χ3n) is 2.55. The number of hydrogen-bond donors (Lipinski definition) is 2. The number of aliphatic carboxylic acids is 1. The zero-order chi connectivity index (χ0) is 12.8. The Balaban J connectivity index is 2.57. The van der Waals surface area contributed by atoms with Crippen molar-refractivity contribution in [3.05, 3.63) is 0 Å². The third kappa shape index (κ3) is 3.64. The molecule has 1 aliphatic rings. The summed E-state index contributed by atoms with van der Waals surface area (Å²) in [6.07, 6.45) is 5.02. The predicted octanol–water partition coefficient (Wildman–Crippen LogP) is -0.107. The van der Waals surface area contributed by atoms with E-state index in [9.17, 15) is 9.59 Å². The summed E-state index contributed by atoms with van der Waals surface area (Å²) in [4.78, 5) is 24.2. The number of terminal acetylenes is 1. The maximum atomic E-state index is 11.8. The number of nitrogens with zero attached hydrogens (tertiary/aromatic N) is 1. The number of nitrogens with one attached hydrogen (secondary N) is 1. The molecule has 0 spiro atoms. The second-order valence-electron chi connectivity index (χ2n) is 3.87. The fourth-order valence-electron chi connectivity index (χ4n) is 1.58. The molecule has 0 aliphatic carbocycles. The Morgan fingerprint density at radius 1 is 1.71 bits per heavy atom. The van der Waals surface area contributed by atoms with Crippen LogP contribution in [0.15, 0.2) is 0 Å². The highest BCUT2D eigenvalue weighted by molar-refractivity contribution is 5.83. The summed E-state index contributed by atoms with van der Waals surface area (Å²) in [5, 5.41) is 11.3. The van der Waals surface area contributed by atoms with E-state index >= 15 is 0 Å². The number of urea groups is 1. The molecule has 6 heteroatoms. The van der Waals surface area contributed by atoms with Gasteiger partial charge >= 0.3 is 12.0 Å². The van der Waals surface area contributed by atoms with Crippen LogP contribution in [-0.2, 0) is 9.53 Å². The summed E-state index contributed by atoms with van der Waals surface area (Å²) < 4.78 is 5.19. The standard InChI is InChI=1S/C11H16N2O4/c1-3-4-9(10(14)15)12-11(16)13-5-6-17-7-8(13)2/h1,8-9H,4-7H2,2H3,(H,12,16)(H,14,15). The van der Waals surface area contributed by atoms with Crippen molar-refractivity contribution in [1.29, 1.82) is 0 Å². The van der Waals surface area contributed by atoms with Gasteiger partial charge in [0.1, 0.15) is 6.04 Å². The van der Waals surface area contributed by atoms with E-state index in [2.05, 4.69) is 11.2 Å². The van der Waals surface area contributed by atoms with E-state index in [1.165, 1.54) is 0 Å². The second kappa shape index (κ2) is 6.11. The van der Waals surface area contributed by atoms with Crippen molar-refractivity contribution in [1.82, 2.24) is 10.2 Å². The predicted molar refractivity (Wildman–Crippen MR) is 60.4 cm³/mol. The summed E-state index contributed by atoms with van der Waals surface area (Å²) in [6.45, 7) is 3.22. The fourth-order valence-corrected chi connectivity index (χ4v) is 1.58. The Labute approximate surface area is 99.9 Å². The number of carboxylic acid groups (broad SMARTS) is 1. The molecule has 2 atom stereocenters. The Morgan fingerprint density at radius 2 is 2.41 bits per heavy atom. The first-order chi connectivity index (χ1) is 8.06. The smallest absolute Gasteiger partial charge is 0.327 e. The molecule has 1 rings (SSSR count). The molecule has 0 radical (unpaired) electrons. The monoisotopic (exact) mass is 240 g/mol. The summed E-state index contributed by atoms with van der Waals surface area (Å²) in [6, 6.07) is -1.52. The first-order valence-corrected chi connectivity index (χ1v) is 5.37. The average molecular weight is 240 g/mol. The Kier molecular flexibility index (Phi) is 4.79. The largest absolute Gasteiger partial charge is 0.480 e. The quantitative estimate of drug-likeness (QED) is 0.675. The van der Waals surface area contributed by atoms with Gasteiger partial charge in [-0.25, -0.2) is 9.59 Å². The average Bonchev–Trinajstić information content (AvgIpc) is 2.28. The van der Waals surface area contributed by atoms with Gasteiger partial charge in [-0.2, -0.15) is 0 Å². The maximum absolute atomic E-state index is 11.8. The number of rotatable bonds is 3. The first kappa shape index (κ1) is 13.3. The number of carboxylic acids is 1. The van der Waals surface area contributed by atoms with Crippen LogP contribution < -0.4 is 5.32 Å². The molecule has 1 heterocycles. The van der Waals surface area contributed by atoms with E-state index in [4.69, 9.17) is 16.3 Å². The first-order valence-electron chi connectivity index (χ1n) is 5.37. The zero-order valence-corrected chi connectivity index (χ0v) is 9.68. The van der Waals surface area contributed by atoms with E-state index in [-0.39, 0.29) is 12.5 Å². The van der Waals surface area contributed by atoms with Gasteiger partial charge in [0.15, 0.2) is 0 Å². The van der Waals surface area contributed by atoms with Crippen molar-refractivity contribution in [3.63, 3.8) is 0 Å². The molecule has 94 valence electrons. The van der Waals surface area contributed by atoms with Gasteiger partial charge in [0, 0.05) is 13.0 Å². The van der Waals surface area contributed by atoms with Crippen molar-refractivity contribution >= 4 is 12.0 Å². The molecular weight excluding hydrogens is 224 g/mol. The summed E-state index contributed by atoms with van der Waals surface area (Å²) in [5.74, 6) is 1.10. The lowest BCUT2D eigenvalue weighted by Crippen LogP contribution is -2.54. The lowest BCUT2D eigenvalue weighted by molar-refractivity contribution is -0.139. The molecule has 0 bridgehead atoms. The molecule has 2 unspecified atom stereocenters. The second-order valence-corrected chi connectivity index (χ2v) is 3.87. The number of amides is 2. The van der Waals surface area contributed by atoms with Crippen LogP contribution >= 0.6 is 0 Å². The van der Waals surface area contributed by atoms with Gasteiger partial charge in [-0.1, -0.05) is 0 Å². The number of morpholine rings is 1. The number of ether oxygens (including phenoxy) is 1. The van der Waals surface area contributed by atoms with Crippen LogP contribution in [0.3, 0.4) is 0 Å². The lowest BCUT2D eigenvalue weighted by atomic mass is 10.2. The van der Waals surface area contributed by atoms with Crippen molar-refractivity contribution in [2.24, 2.45) is 0 Å². The SMILES string of the molecule is C#CCC(NC(=O)N1CCOCC1C)C(=O)O. The maximum Gasteiger partial charge on any atom is 0.327 e. The van der Waals surface area contributed by atoms with Gasteiger partial charge in [0.05, 0.1) is 19.3 Å². The Hall–Kier alpha value is -1.74. The van der Waals surface area contributed by atoms with Crippen LogP contribution in [-0.4, -0.2) is 53.8 Å². The third-order valence-corrected chi connectivity index (χ3v) is 2.55. The topological polar surface area (TPSA) is 78.9 Å². The van der Waals surface area contributed by atoms with E-state index in [1.54, 1.807) is 4.90 Å². The van der Waals surface area contributed by atoms with Crippen LogP contribution in [0.25, 0.3) is 0 Å². The van der Waals surface area contributed by atoms with Crippen LogP contribution in [0.2, 0.25) is 0 Å². The molecule has 0 saturated carbocycles. The molecule has 1 aliphatic heterocycles. The molecule has 1 fully saturated rings. The number of hydrogen-bond acceptors (Lipinski definition) is 3. The molecule has 0 aromatic heterocycles. The molecule has 17 heavy (non-hydrogen) atoms. The number of carbonyl (C=O) groups is 2. The van der Waals surface area contributed by atoms with Crippen LogP contribution in [0.5, 0.6) is 0 Å². The number of carbonyl (C=O) groups excluding carboxylic acids is 1. The molecule has 1 saturated heterocycles. The Bertz CT molecular complexity index is 337. The fraction of sp³-hybridized carbons (Fsp3) is 0.636. The van der Waals surface area contributed by atoms with Crippen LogP contribution in [0.4, 0.5) is 4.79 Å². The summed E-state index contributed by atoms with van der Waals surface area (Å²) in [7, 11) is 0. The minimum Gasteiger partial charge on any atom is -0.480 e.